The molecule has 0 radical (unpaired) electrons. The van der Waals surface area contributed by atoms with E-state index in [1.807, 2.05) is 54.6 Å². The molecule has 5 heteroatoms. The lowest BCUT2D eigenvalue weighted by molar-refractivity contribution is 0.0366. The van der Waals surface area contributed by atoms with Crippen molar-refractivity contribution in [3.63, 3.8) is 0 Å². The summed E-state index contributed by atoms with van der Waals surface area (Å²) in [4.78, 5) is 7.80. The van der Waals surface area contributed by atoms with Crippen LogP contribution in [0.5, 0.6) is 0 Å². The van der Waals surface area contributed by atoms with Gasteiger partial charge in [0.15, 0.2) is 0 Å². The lowest BCUT2D eigenvalue weighted by Gasteiger charge is -2.25. The van der Waals surface area contributed by atoms with Crippen LogP contribution in [-0.2, 0) is 4.84 Å². The van der Waals surface area contributed by atoms with Crippen molar-refractivity contribution in [2.24, 2.45) is 5.16 Å². The molecule has 25 heavy (non-hydrogen) atoms. The first-order chi connectivity index (χ1) is 12.2. The van der Waals surface area contributed by atoms with Crippen LogP contribution in [0.3, 0.4) is 0 Å². The zero-order valence-corrected chi connectivity index (χ0v) is 15.1. The molecule has 0 saturated carbocycles. The molecule has 1 aliphatic heterocycles. The van der Waals surface area contributed by atoms with Gasteiger partial charge >= 0.3 is 0 Å². The predicted octanol–water partition coefficient (Wildman–Crippen LogP) is 3.89. The summed E-state index contributed by atoms with van der Waals surface area (Å²) >= 11 is 5.93. The highest BCUT2D eigenvalue weighted by atomic mass is 35.5. The molecule has 2 aromatic carbocycles. The number of halogens is 1. The molecule has 3 rings (SSSR count). The van der Waals surface area contributed by atoms with E-state index in [-0.39, 0.29) is 6.10 Å². The summed E-state index contributed by atoms with van der Waals surface area (Å²) in [6.45, 7) is 4.26. The molecule has 132 valence electrons. The number of hydrogen-bond donors (Lipinski definition) is 1. The van der Waals surface area contributed by atoms with Crippen molar-refractivity contribution in [2.75, 3.05) is 19.6 Å². The van der Waals surface area contributed by atoms with Crippen molar-refractivity contribution >= 4 is 17.3 Å². The van der Waals surface area contributed by atoms with Gasteiger partial charge in [-0.2, -0.15) is 0 Å². The van der Waals surface area contributed by atoms with E-state index in [9.17, 15) is 5.11 Å². The monoisotopic (exact) mass is 358 g/mol. The summed E-state index contributed by atoms with van der Waals surface area (Å²) in [6.07, 6.45) is 0.271. The highest BCUT2D eigenvalue weighted by Crippen LogP contribution is 2.20. The molecule has 0 amide bonds. The topological polar surface area (TPSA) is 45.1 Å². The normalized spacial score (nSPS) is 18.1. The van der Waals surface area contributed by atoms with Gasteiger partial charge in [-0.15, -0.1) is 0 Å². The average molecular weight is 359 g/mol. The molecule has 2 atom stereocenters. The summed E-state index contributed by atoms with van der Waals surface area (Å²) in [5.41, 5.74) is 2.92. The summed E-state index contributed by atoms with van der Waals surface area (Å²) in [5, 5.41) is 15.4. The Balaban J connectivity index is 1.54. The van der Waals surface area contributed by atoms with Gasteiger partial charge in [-0.05, 0) is 29.8 Å². The van der Waals surface area contributed by atoms with Crippen LogP contribution >= 0.6 is 11.6 Å². The number of rotatable bonds is 7. The van der Waals surface area contributed by atoms with E-state index in [2.05, 4.69) is 17.0 Å². The molecular formula is C20H23ClN2O2. The number of nitrogens with zero attached hydrogens (tertiary/aromatic N) is 2. The van der Waals surface area contributed by atoms with Gasteiger partial charge in [0.2, 0.25) is 0 Å². The van der Waals surface area contributed by atoms with E-state index in [1.165, 1.54) is 0 Å². The second-order valence-electron chi connectivity index (χ2n) is 6.26. The third kappa shape index (κ3) is 4.82. The number of benzene rings is 2. The SMILES string of the molecule is CCN(C[C@@H]1CC(c2ccc(Cl)cc2)=NO1)C[C@@H](O)c1ccccc1. The second kappa shape index (κ2) is 8.48. The van der Waals surface area contributed by atoms with E-state index in [0.29, 0.717) is 11.6 Å². The van der Waals surface area contributed by atoms with Crippen molar-refractivity contribution in [1.82, 2.24) is 4.90 Å². The van der Waals surface area contributed by atoms with Crippen molar-refractivity contribution in [1.29, 1.82) is 0 Å². The Kier molecular flexibility index (Phi) is 6.08. The number of oxime groups is 1. The summed E-state index contributed by atoms with van der Waals surface area (Å²) in [7, 11) is 0. The van der Waals surface area contributed by atoms with Crippen LogP contribution in [0.2, 0.25) is 5.02 Å². The van der Waals surface area contributed by atoms with Crippen LogP contribution in [-0.4, -0.2) is 41.5 Å². The molecule has 4 nitrogen and oxygen atoms in total. The Morgan fingerprint density at radius 1 is 1.20 bits per heavy atom. The number of aliphatic hydroxyl groups excluding tert-OH is 1. The van der Waals surface area contributed by atoms with E-state index in [4.69, 9.17) is 16.4 Å². The minimum Gasteiger partial charge on any atom is -0.390 e. The van der Waals surface area contributed by atoms with Gasteiger partial charge in [0.1, 0.15) is 6.10 Å². The third-order valence-corrected chi connectivity index (χ3v) is 4.69. The Morgan fingerprint density at radius 3 is 2.60 bits per heavy atom. The van der Waals surface area contributed by atoms with Gasteiger partial charge in [-0.3, -0.25) is 4.90 Å². The van der Waals surface area contributed by atoms with Crippen LogP contribution in [0.15, 0.2) is 59.8 Å². The fourth-order valence-corrected chi connectivity index (χ4v) is 3.11. The molecule has 0 spiro atoms. The molecular weight excluding hydrogens is 336 g/mol. The molecule has 0 bridgehead atoms. The molecule has 1 N–H and O–H groups in total. The van der Waals surface area contributed by atoms with Crippen LogP contribution in [0, 0.1) is 0 Å². The maximum absolute atomic E-state index is 10.4. The highest BCUT2D eigenvalue weighted by Gasteiger charge is 2.25. The zero-order valence-electron chi connectivity index (χ0n) is 14.3. The molecule has 0 aromatic heterocycles. The van der Waals surface area contributed by atoms with Crippen molar-refractivity contribution in [3.8, 4) is 0 Å². The Hall–Kier alpha value is -1.88. The van der Waals surface area contributed by atoms with Crippen LogP contribution in [0.25, 0.3) is 0 Å². The van der Waals surface area contributed by atoms with Gasteiger partial charge in [0, 0.05) is 24.5 Å². The molecule has 0 fully saturated rings. The smallest absolute Gasteiger partial charge is 0.145 e. The zero-order chi connectivity index (χ0) is 17.6. The Morgan fingerprint density at radius 2 is 1.92 bits per heavy atom. The standard InChI is InChI=1S/C20H23ClN2O2/c1-2-23(14-20(24)16-6-4-3-5-7-16)13-18-12-19(22-25-18)15-8-10-17(21)11-9-15/h3-11,18,20,24H,2,12-14H2,1H3/t18-,20+/m0/s1. The Labute approximate surface area is 153 Å². The Bertz CT molecular complexity index is 703. The van der Waals surface area contributed by atoms with Gasteiger partial charge in [-0.1, -0.05) is 66.1 Å². The quantitative estimate of drug-likeness (QED) is 0.816. The average Bonchev–Trinajstić information content (AvgIpc) is 3.11. The minimum absolute atomic E-state index is 0.00796. The maximum Gasteiger partial charge on any atom is 0.145 e. The summed E-state index contributed by atoms with van der Waals surface area (Å²) < 4.78 is 0. The molecule has 2 aromatic rings. The van der Waals surface area contributed by atoms with Crippen LogP contribution in [0.1, 0.15) is 30.6 Å². The molecule has 0 saturated heterocycles. The molecule has 0 unspecified atom stereocenters. The number of hydrogen-bond acceptors (Lipinski definition) is 4. The van der Waals surface area contributed by atoms with Gasteiger partial charge in [0.25, 0.3) is 0 Å². The van der Waals surface area contributed by atoms with E-state index >= 15 is 0 Å². The number of aliphatic hydroxyl groups is 1. The third-order valence-electron chi connectivity index (χ3n) is 4.43. The summed E-state index contributed by atoms with van der Waals surface area (Å²) in [5.74, 6) is 0. The van der Waals surface area contributed by atoms with Crippen LogP contribution < -0.4 is 0 Å². The maximum atomic E-state index is 10.4. The van der Waals surface area contributed by atoms with Gasteiger partial charge in [0.05, 0.1) is 11.8 Å². The van der Waals surface area contributed by atoms with E-state index in [0.717, 1.165) is 36.3 Å². The van der Waals surface area contributed by atoms with Gasteiger partial charge < -0.3 is 9.94 Å². The highest BCUT2D eigenvalue weighted by molar-refractivity contribution is 6.30. The summed E-state index contributed by atoms with van der Waals surface area (Å²) in [6, 6.07) is 17.4. The lowest BCUT2D eigenvalue weighted by atomic mass is 10.0. The number of likely N-dealkylation sites (N-methyl/N-ethyl adjacent to an activating group) is 1. The first-order valence-corrected chi connectivity index (χ1v) is 8.97. The molecule has 1 aliphatic rings. The first kappa shape index (κ1) is 17.9. The van der Waals surface area contributed by atoms with Crippen molar-refractivity contribution < 1.29 is 9.94 Å². The molecule has 1 heterocycles. The van der Waals surface area contributed by atoms with E-state index < -0.39 is 6.10 Å². The fourth-order valence-electron chi connectivity index (χ4n) is 2.98. The largest absolute Gasteiger partial charge is 0.390 e. The minimum atomic E-state index is -0.501. The van der Waals surface area contributed by atoms with Crippen LogP contribution in [0.4, 0.5) is 0 Å². The lowest BCUT2D eigenvalue weighted by Crippen LogP contribution is -2.35. The second-order valence-corrected chi connectivity index (χ2v) is 6.69. The van der Waals surface area contributed by atoms with Crippen molar-refractivity contribution in [2.45, 2.75) is 25.6 Å². The van der Waals surface area contributed by atoms with Crippen molar-refractivity contribution in [3.05, 3.63) is 70.7 Å². The first-order valence-electron chi connectivity index (χ1n) is 8.59. The van der Waals surface area contributed by atoms with E-state index in [1.54, 1.807) is 0 Å². The molecule has 0 aliphatic carbocycles. The van der Waals surface area contributed by atoms with Gasteiger partial charge in [-0.25, -0.2) is 0 Å². The predicted molar refractivity (Wildman–Crippen MR) is 101 cm³/mol. The fraction of sp³-hybridized carbons (Fsp3) is 0.350.